The van der Waals surface area contributed by atoms with Crippen molar-refractivity contribution in [3.63, 3.8) is 0 Å². The van der Waals surface area contributed by atoms with Crippen LogP contribution in [0, 0.1) is 5.92 Å². The highest BCUT2D eigenvalue weighted by atomic mass is 14.9. The predicted octanol–water partition coefficient (Wildman–Crippen LogP) is 4.20. The summed E-state index contributed by atoms with van der Waals surface area (Å²) >= 11 is 0. The van der Waals surface area contributed by atoms with Crippen molar-refractivity contribution in [2.45, 2.75) is 33.2 Å². The van der Waals surface area contributed by atoms with Crippen LogP contribution in [0.5, 0.6) is 0 Å². The minimum atomic E-state index is 0.692. The van der Waals surface area contributed by atoms with Crippen LogP contribution in [-0.2, 0) is 19.4 Å². The molecule has 0 aliphatic carbocycles. The van der Waals surface area contributed by atoms with Gasteiger partial charge in [-0.1, -0.05) is 56.3 Å². The summed E-state index contributed by atoms with van der Waals surface area (Å²) in [5, 5.41) is 3.47. The third kappa shape index (κ3) is 2.64. The lowest BCUT2D eigenvalue weighted by Gasteiger charge is -2.22. The molecule has 1 heterocycles. The van der Waals surface area contributed by atoms with E-state index in [1.54, 1.807) is 5.56 Å². The van der Waals surface area contributed by atoms with Gasteiger partial charge >= 0.3 is 0 Å². The Morgan fingerprint density at radius 3 is 2.65 bits per heavy atom. The minimum absolute atomic E-state index is 0.692. The summed E-state index contributed by atoms with van der Waals surface area (Å²) in [5.74, 6) is 0.692. The Hall–Kier alpha value is -1.60. The number of hydrogen-bond donors (Lipinski definition) is 1. The van der Waals surface area contributed by atoms with E-state index >= 15 is 0 Å². The van der Waals surface area contributed by atoms with Gasteiger partial charge < -0.3 is 5.32 Å². The zero-order valence-electron chi connectivity index (χ0n) is 12.4. The molecule has 0 bridgehead atoms. The van der Waals surface area contributed by atoms with E-state index in [1.807, 2.05) is 0 Å². The highest BCUT2D eigenvalue weighted by Gasteiger charge is 2.15. The Labute approximate surface area is 122 Å². The smallest absolute Gasteiger partial charge is 0.0208 e. The van der Waals surface area contributed by atoms with Gasteiger partial charge in [0, 0.05) is 6.54 Å². The molecule has 20 heavy (non-hydrogen) atoms. The molecule has 2 aromatic rings. The topological polar surface area (TPSA) is 12.0 Å². The standard InChI is InChI=1S/C19H23N/c1-14(2)12-15-6-3-4-8-17(15)19-9-5-7-16-13-20-11-10-18(16)19/h3-9,14,20H,10-13H2,1-2H3. The van der Waals surface area contributed by atoms with Crippen molar-refractivity contribution in [2.24, 2.45) is 5.92 Å². The van der Waals surface area contributed by atoms with Crippen molar-refractivity contribution in [2.75, 3.05) is 6.54 Å². The zero-order chi connectivity index (χ0) is 13.9. The fourth-order valence-corrected chi connectivity index (χ4v) is 3.19. The van der Waals surface area contributed by atoms with Gasteiger partial charge in [0.2, 0.25) is 0 Å². The molecule has 1 heteroatoms. The summed E-state index contributed by atoms with van der Waals surface area (Å²) in [5.41, 5.74) is 7.37. The summed E-state index contributed by atoms with van der Waals surface area (Å²) < 4.78 is 0. The molecule has 0 spiro atoms. The fourth-order valence-electron chi connectivity index (χ4n) is 3.19. The highest BCUT2D eigenvalue weighted by molar-refractivity contribution is 5.72. The van der Waals surface area contributed by atoms with Crippen LogP contribution in [0.15, 0.2) is 42.5 Å². The predicted molar refractivity (Wildman–Crippen MR) is 85.8 cm³/mol. The largest absolute Gasteiger partial charge is 0.312 e. The van der Waals surface area contributed by atoms with Crippen LogP contribution >= 0.6 is 0 Å². The minimum Gasteiger partial charge on any atom is -0.312 e. The van der Waals surface area contributed by atoms with Crippen molar-refractivity contribution in [3.05, 3.63) is 59.2 Å². The van der Waals surface area contributed by atoms with Crippen molar-refractivity contribution >= 4 is 0 Å². The monoisotopic (exact) mass is 265 g/mol. The van der Waals surface area contributed by atoms with E-state index in [0.717, 1.165) is 25.9 Å². The molecular formula is C19H23N. The molecule has 0 radical (unpaired) electrons. The molecule has 0 amide bonds. The second kappa shape index (κ2) is 5.80. The van der Waals surface area contributed by atoms with Gasteiger partial charge in [0.25, 0.3) is 0 Å². The lowest BCUT2D eigenvalue weighted by Crippen LogP contribution is -2.24. The molecule has 104 valence electrons. The van der Waals surface area contributed by atoms with E-state index in [9.17, 15) is 0 Å². The number of hydrogen-bond acceptors (Lipinski definition) is 1. The van der Waals surface area contributed by atoms with Crippen molar-refractivity contribution < 1.29 is 0 Å². The molecule has 1 nitrogen and oxygen atoms in total. The normalized spacial score (nSPS) is 14.3. The lowest BCUT2D eigenvalue weighted by atomic mass is 9.87. The van der Waals surface area contributed by atoms with Gasteiger partial charge in [-0.25, -0.2) is 0 Å². The Morgan fingerprint density at radius 2 is 1.80 bits per heavy atom. The zero-order valence-corrected chi connectivity index (χ0v) is 12.4. The molecule has 0 aromatic heterocycles. The Kier molecular flexibility index (Phi) is 3.88. The third-order valence-corrected chi connectivity index (χ3v) is 4.08. The van der Waals surface area contributed by atoms with Crippen LogP contribution in [0.25, 0.3) is 11.1 Å². The lowest BCUT2D eigenvalue weighted by molar-refractivity contribution is 0.642. The molecular weight excluding hydrogens is 242 g/mol. The average Bonchev–Trinajstić information content (AvgIpc) is 2.47. The van der Waals surface area contributed by atoms with Gasteiger partial charge in [-0.2, -0.15) is 0 Å². The fraction of sp³-hybridized carbons (Fsp3) is 0.368. The maximum atomic E-state index is 3.47. The van der Waals surface area contributed by atoms with Crippen LogP contribution < -0.4 is 5.32 Å². The molecule has 3 rings (SSSR count). The first-order chi connectivity index (χ1) is 9.75. The van der Waals surface area contributed by atoms with E-state index in [2.05, 4.69) is 61.6 Å². The van der Waals surface area contributed by atoms with Crippen LogP contribution in [0.2, 0.25) is 0 Å². The van der Waals surface area contributed by atoms with Gasteiger partial charge in [0.05, 0.1) is 0 Å². The maximum absolute atomic E-state index is 3.47. The first-order valence-corrected chi connectivity index (χ1v) is 7.65. The molecule has 0 saturated carbocycles. The van der Waals surface area contributed by atoms with E-state index in [4.69, 9.17) is 0 Å². The first kappa shape index (κ1) is 13.4. The number of rotatable bonds is 3. The molecule has 1 N–H and O–H groups in total. The summed E-state index contributed by atoms with van der Waals surface area (Å²) in [6.45, 7) is 6.69. The summed E-state index contributed by atoms with van der Waals surface area (Å²) in [6, 6.07) is 15.7. The summed E-state index contributed by atoms with van der Waals surface area (Å²) in [4.78, 5) is 0. The van der Waals surface area contributed by atoms with Gasteiger partial charge in [0.1, 0.15) is 0 Å². The Bertz CT molecular complexity index is 598. The van der Waals surface area contributed by atoms with Gasteiger partial charge in [-0.05, 0) is 53.1 Å². The molecule has 0 unspecified atom stereocenters. The number of nitrogens with one attached hydrogen (secondary N) is 1. The molecule has 2 aromatic carbocycles. The number of fused-ring (bicyclic) bond motifs is 1. The van der Waals surface area contributed by atoms with Gasteiger partial charge in [0.15, 0.2) is 0 Å². The Balaban J connectivity index is 2.09. The molecule has 1 aliphatic heterocycles. The SMILES string of the molecule is CC(C)Cc1ccccc1-c1cccc2c1CCNC2. The van der Waals surface area contributed by atoms with Crippen LogP contribution in [0.3, 0.4) is 0 Å². The van der Waals surface area contributed by atoms with Gasteiger partial charge in [-0.3, -0.25) is 0 Å². The molecule has 0 saturated heterocycles. The maximum Gasteiger partial charge on any atom is 0.0208 e. The van der Waals surface area contributed by atoms with E-state index < -0.39 is 0 Å². The second-order valence-corrected chi connectivity index (χ2v) is 6.13. The first-order valence-electron chi connectivity index (χ1n) is 7.65. The Morgan fingerprint density at radius 1 is 1.00 bits per heavy atom. The quantitative estimate of drug-likeness (QED) is 0.877. The number of benzene rings is 2. The van der Waals surface area contributed by atoms with Crippen molar-refractivity contribution in [1.29, 1.82) is 0 Å². The molecule has 0 atom stereocenters. The summed E-state index contributed by atoms with van der Waals surface area (Å²) in [6.07, 6.45) is 2.29. The molecule has 1 aliphatic rings. The van der Waals surface area contributed by atoms with Crippen molar-refractivity contribution in [1.82, 2.24) is 5.32 Å². The van der Waals surface area contributed by atoms with Gasteiger partial charge in [-0.15, -0.1) is 0 Å². The van der Waals surface area contributed by atoms with Crippen LogP contribution in [0.4, 0.5) is 0 Å². The third-order valence-electron chi connectivity index (χ3n) is 4.08. The van der Waals surface area contributed by atoms with Crippen LogP contribution in [-0.4, -0.2) is 6.54 Å². The molecule has 0 fully saturated rings. The van der Waals surface area contributed by atoms with Crippen molar-refractivity contribution in [3.8, 4) is 11.1 Å². The summed E-state index contributed by atoms with van der Waals surface area (Å²) in [7, 11) is 0. The van der Waals surface area contributed by atoms with Crippen LogP contribution in [0.1, 0.15) is 30.5 Å². The second-order valence-electron chi connectivity index (χ2n) is 6.13. The van der Waals surface area contributed by atoms with E-state index in [0.29, 0.717) is 5.92 Å². The average molecular weight is 265 g/mol. The van der Waals surface area contributed by atoms with E-state index in [1.165, 1.54) is 22.3 Å². The highest BCUT2D eigenvalue weighted by Crippen LogP contribution is 2.31. The van der Waals surface area contributed by atoms with E-state index in [-0.39, 0.29) is 0 Å².